The largest absolute Gasteiger partial charge is 0.385 e. The van der Waals surface area contributed by atoms with Crippen molar-refractivity contribution in [3.05, 3.63) is 40.5 Å². The van der Waals surface area contributed by atoms with Crippen LogP contribution in [0.5, 0.6) is 0 Å². The molecule has 0 radical (unpaired) electrons. The number of amides is 1. The maximum atomic E-state index is 13.9. The highest BCUT2D eigenvalue weighted by atomic mass is 35.5. The number of nitrogens with zero attached hydrogens (tertiary/aromatic N) is 1. The Morgan fingerprint density at radius 1 is 1.16 bits per heavy atom. The van der Waals surface area contributed by atoms with Crippen molar-refractivity contribution in [1.29, 1.82) is 0 Å². The fourth-order valence-electron chi connectivity index (χ4n) is 3.89. The Kier molecular flexibility index (Phi) is 7.27. The van der Waals surface area contributed by atoms with Gasteiger partial charge < -0.3 is 20.7 Å². The minimum atomic E-state index is -1.21. The molecule has 0 bridgehead atoms. The molecule has 1 aromatic heterocycles. The van der Waals surface area contributed by atoms with Crippen LogP contribution < -0.4 is 16.0 Å². The van der Waals surface area contributed by atoms with Crippen molar-refractivity contribution in [2.24, 2.45) is 11.8 Å². The van der Waals surface area contributed by atoms with E-state index in [0.717, 1.165) is 43.9 Å². The van der Waals surface area contributed by atoms with Crippen molar-refractivity contribution in [1.82, 2.24) is 10.3 Å². The molecule has 2 atom stereocenters. The molecule has 0 spiro atoms. The average molecular weight is 467 g/mol. The number of aromatic nitrogens is 1. The smallest absolute Gasteiger partial charge is 0.232 e. The predicted molar refractivity (Wildman–Crippen MR) is 122 cm³/mol. The molecule has 2 saturated heterocycles. The number of benzene rings is 1. The van der Waals surface area contributed by atoms with E-state index in [2.05, 4.69) is 20.9 Å². The third-order valence-corrected chi connectivity index (χ3v) is 6.41. The summed E-state index contributed by atoms with van der Waals surface area (Å²) in [5.74, 6) is -0.262. The van der Waals surface area contributed by atoms with E-state index in [4.69, 9.17) is 27.9 Å². The molecule has 31 heavy (non-hydrogen) atoms. The molecule has 2 fully saturated rings. The lowest BCUT2D eigenvalue weighted by molar-refractivity contribution is -0.120. The van der Waals surface area contributed by atoms with E-state index in [1.807, 2.05) is 18.2 Å². The molecule has 166 valence electrons. The highest BCUT2D eigenvalue weighted by Gasteiger charge is 2.33. The number of ether oxygens (including phenoxy) is 1. The molecule has 6 nitrogen and oxygen atoms in total. The van der Waals surface area contributed by atoms with Gasteiger partial charge >= 0.3 is 0 Å². The predicted octanol–water partition coefficient (Wildman–Crippen LogP) is 4.39. The Labute approximate surface area is 190 Å². The summed E-state index contributed by atoms with van der Waals surface area (Å²) in [5, 5.41) is 9.98. The number of carbonyl (C=O) groups excluding carboxylic acids is 1. The van der Waals surface area contributed by atoms with Gasteiger partial charge in [0.05, 0.1) is 10.9 Å². The molecule has 9 heteroatoms. The Morgan fingerprint density at radius 2 is 1.94 bits per heavy atom. The molecule has 3 N–H and O–H groups in total. The summed E-state index contributed by atoms with van der Waals surface area (Å²) >= 11 is 12.9. The second-order valence-electron chi connectivity index (χ2n) is 7.95. The highest BCUT2D eigenvalue weighted by Crippen LogP contribution is 2.36. The molecule has 1 aromatic carbocycles. The zero-order valence-electron chi connectivity index (χ0n) is 17.0. The zero-order valence-corrected chi connectivity index (χ0v) is 18.5. The van der Waals surface area contributed by atoms with Crippen molar-refractivity contribution in [3.63, 3.8) is 0 Å². The van der Waals surface area contributed by atoms with Crippen LogP contribution >= 0.6 is 23.2 Å². The standard InChI is InChI=1S/C22H25Cl2FN4O2/c23-18-2-1-14(27-9-13-3-5-31-6-4-13)7-15(18)16-8-21(28-11-19(16)24)29-22(30)17-10-26-12-20(17)25/h1-2,7-8,11,13,17,20,26-27H,3-6,9-10,12H2,(H,28,29,30)/t17-,20+/m0/s1. The Bertz CT molecular complexity index is 940. The zero-order chi connectivity index (χ0) is 21.8. The molecule has 0 unspecified atom stereocenters. The fraction of sp³-hybridized carbons (Fsp3) is 0.455. The summed E-state index contributed by atoms with van der Waals surface area (Å²) in [5.41, 5.74) is 2.31. The number of alkyl halides is 1. The summed E-state index contributed by atoms with van der Waals surface area (Å²) < 4.78 is 19.3. The van der Waals surface area contributed by atoms with E-state index < -0.39 is 18.0 Å². The van der Waals surface area contributed by atoms with Crippen molar-refractivity contribution in [2.75, 3.05) is 43.5 Å². The van der Waals surface area contributed by atoms with E-state index in [9.17, 15) is 9.18 Å². The first-order valence-electron chi connectivity index (χ1n) is 10.4. The van der Waals surface area contributed by atoms with Crippen LogP contribution in [0.4, 0.5) is 15.9 Å². The summed E-state index contributed by atoms with van der Waals surface area (Å²) in [6.45, 7) is 2.95. The van der Waals surface area contributed by atoms with Gasteiger partial charge in [-0.05, 0) is 43.0 Å². The van der Waals surface area contributed by atoms with Gasteiger partial charge in [0.2, 0.25) is 5.91 Å². The molecule has 2 aliphatic heterocycles. The van der Waals surface area contributed by atoms with E-state index in [1.54, 1.807) is 6.07 Å². The highest BCUT2D eigenvalue weighted by molar-refractivity contribution is 6.36. The van der Waals surface area contributed by atoms with Gasteiger partial charge in [-0.2, -0.15) is 0 Å². The van der Waals surface area contributed by atoms with Crippen molar-refractivity contribution in [3.8, 4) is 11.1 Å². The number of hydrogen-bond donors (Lipinski definition) is 3. The lowest BCUT2D eigenvalue weighted by atomic mass is 10.00. The third-order valence-electron chi connectivity index (χ3n) is 5.78. The van der Waals surface area contributed by atoms with Crippen LogP contribution in [0, 0.1) is 11.8 Å². The number of carbonyl (C=O) groups is 1. The van der Waals surface area contributed by atoms with Gasteiger partial charge in [-0.3, -0.25) is 4.79 Å². The first-order valence-corrected chi connectivity index (χ1v) is 11.2. The van der Waals surface area contributed by atoms with Gasteiger partial charge in [0, 0.05) is 60.9 Å². The third kappa shape index (κ3) is 5.47. The maximum absolute atomic E-state index is 13.9. The van der Waals surface area contributed by atoms with Crippen molar-refractivity contribution >= 4 is 40.6 Å². The quantitative estimate of drug-likeness (QED) is 0.588. The Morgan fingerprint density at radius 3 is 2.68 bits per heavy atom. The number of nitrogens with one attached hydrogen (secondary N) is 3. The van der Waals surface area contributed by atoms with Crippen LogP contribution in [0.1, 0.15) is 12.8 Å². The number of halogens is 3. The molecule has 2 aromatic rings. The van der Waals surface area contributed by atoms with Gasteiger partial charge in [-0.25, -0.2) is 9.37 Å². The van der Waals surface area contributed by atoms with Crippen LogP contribution in [0.2, 0.25) is 10.0 Å². The van der Waals surface area contributed by atoms with Gasteiger partial charge in [0.15, 0.2) is 0 Å². The first kappa shape index (κ1) is 22.3. The first-order chi connectivity index (χ1) is 15.0. The van der Waals surface area contributed by atoms with Crippen molar-refractivity contribution < 1.29 is 13.9 Å². The van der Waals surface area contributed by atoms with E-state index >= 15 is 0 Å². The van der Waals surface area contributed by atoms with E-state index in [1.165, 1.54) is 6.20 Å². The van der Waals surface area contributed by atoms with Crippen LogP contribution in [0.3, 0.4) is 0 Å². The second kappa shape index (κ2) is 10.1. The van der Waals surface area contributed by atoms with Crippen LogP contribution in [0.15, 0.2) is 30.5 Å². The summed E-state index contributed by atoms with van der Waals surface area (Å²) in [6, 6.07) is 7.35. The summed E-state index contributed by atoms with van der Waals surface area (Å²) in [7, 11) is 0. The van der Waals surface area contributed by atoms with Gasteiger partial charge in [-0.1, -0.05) is 23.2 Å². The number of rotatable bonds is 6. The lowest BCUT2D eigenvalue weighted by Gasteiger charge is -2.23. The van der Waals surface area contributed by atoms with Crippen LogP contribution in [-0.4, -0.2) is 49.9 Å². The number of pyridine rings is 1. The molecule has 4 rings (SSSR count). The molecular weight excluding hydrogens is 442 g/mol. The molecule has 0 saturated carbocycles. The van der Waals surface area contributed by atoms with E-state index in [0.29, 0.717) is 33.9 Å². The summed E-state index contributed by atoms with van der Waals surface area (Å²) in [6.07, 6.45) is 2.34. The van der Waals surface area contributed by atoms with E-state index in [-0.39, 0.29) is 6.54 Å². The second-order valence-corrected chi connectivity index (χ2v) is 8.77. The maximum Gasteiger partial charge on any atom is 0.232 e. The SMILES string of the molecule is O=C(Nc1cc(-c2cc(NCC3CCOCC3)ccc2Cl)c(Cl)cn1)[C@H]1CNC[C@H]1F. The molecule has 2 aliphatic rings. The minimum absolute atomic E-state index is 0.181. The normalized spacial score (nSPS) is 21.8. The number of anilines is 2. The summed E-state index contributed by atoms with van der Waals surface area (Å²) in [4.78, 5) is 16.6. The Hall–Kier alpha value is -1.93. The number of hydrogen-bond acceptors (Lipinski definition) is 5. The molecular formula is C22H25Cl2FN4O2. The minimum Gasteiger partial charge on any atom is -0.385 e. The monoisotopic (exact) mass is 466 g/mol. The van der Waals surface area contributed by atoms with Gasteiger partial charge in [0.1, 0.15) is 12.0 Å². The molecule has 0 aliphatic carbocycles. The molecule has 1 amide bonds. The van der Waals surface area contributed by atoms with Gasteiger partial charge in [-0.15, -0.1) is 0 Å². The van der Waals surface area contributed by atoms with Crippen LogP contribution in [0.25, 0.3) is 11.1 Å². The van der Waals surface area contributed by atoms with Crippen molar-refractivity contribution in [2.45, 2.75) is 19.0 Å². The average Bonchev–Trinajstić information content (AvgIpc) is 3.21. The molecule has 3 heterocycles. The topological polar surface area (TPSA) is 75.3 Å². The lowest BCUT2D eigenvalue weighted by Crippen LogP contribution is -2.30. The fourth-order valence-corrected chi connectivity index (χ4v) is 4.32. The van der Waals surface area contributed by atoms with Gasteiger partial charge in [0.25, 0.3) is 0 Å². The van der Waals surface area contributed by atoms with Crippen LogP contribution in [-0.2, 0) is 9.53 Å². The Balaban J connectivity index is 1.51.